The molecule has 0 aliphatic rings. The molecule has 3 rings (SSSR count). The maximum atomic E-state index is 12.2. The Morgan fingerprint density at radius 3 is 2.62 bits per heavy atom. The van der Waals surface area contributed by atoms with Gasteiger partial charge < -0.3 is 10.1 Å². The maximum Gasteiger partial charge on any atom is 0.266 e. The summed E-state index contributed by atoms with van der Waals surface area (Å²) in [4.78, 5) is 24.4. The molecule has 2 aromatic carbocycles. The zero-order valence-electron chi connectivity index (χ0n) is 16.9. The summed E-state index contributed by atoms with van der Waals surface area (Å²) in [5.74, 6) is 0.577. The highest BCUT2D eigenvalue weighted by atomic mass is 16.5. The summed E-state index contributed by atoms with van der Waals surface area (Å²) < 4.78 is 6.63. The molecular weight excluding hydrogens is 366 g/mol. The van der Waals surface area contributed by atoms with Crippen molar-refractivity contribution < 1.29 is 9.53 Å². The number of para-hydroxylation sites is 1. The van der Waals surface area contributed by atoms with Gasteiger partial charge in [-0.15, -0.1) is 0 Å². The summed E-state index contributed by atoms with van der Waals surface area (Å²) in [6.07, 6.45) is 0.165. The van der Waals surface area contributed by atoms with E-state index < -0.39 is 0 Å². The third-order valence-electron chi connectivity index (χ3n) is 4.89. The van der Waals surface area contributed by atoms with Crippen LogP contribution in [0.3, 0.4) is 0 Å². The van der Waals surface area contributed by atoms with Crippen LogP contribution in [-0.4, -0.2) is 22.8 Å². The molecule has 6 heteroatoms. The Bertz CT molecular complexity index is 1070. The largest absolute Gasteiger partial charge is 0.496 e. The normalized spacial score (nSPS) is 10.6. The Hall–Kier alpha value is -3.41. The van der Waals surface area contributed by atoms with Crippen LogP contribution < -0.4 is 15.6 Å². The lowest BCUT2D eigenvalue weighted by Crippen LogP contribution is -2.28. The van der Waals surface area contributed by atoms with E-state index in [4.69, 9.17) is 4.74 Å². The summed E-state index contributed by atoms with van der Waals surface area (Å²) in [5, 5.41) is 7.30. The topological polar surface area (TPSA) is 73.2 Å². The lowest BCUT2D eigenvalue weighted by Gasteiger charge is -2.11. The van der Waals surface area contributed by atoms with Crippen LogP contribution >= 0.6 is 0 Å². The molecule has 1 aromatic heterocycles. The molecule has 0 unspecified atom stereocenters. The predicted octanol–water partition coefficient (Wildman–Crippen LogP) is 3.24. The van der Waals surface area contributed by atoms with Crippen LogP contribution in [0, 0.1) is 13.8 Å². The third-order valence-corrected chi connectivity index (χ3v) is 4.89. The summed E-state index contributed by atoms with van der Waals surface area (Å²) in [6, 6.07) is 16.8. The number of hydrogen-bond donors (Lipinski definition) is 1. The third kappa shape index (κ3) is 5.10. The number of rotatable bonds is 7. The van der Waals surface area contributed by atoms with E-state index in [1.54, 1.807) is 13.2 Å². The highest BCUT2D eigenvalue weighted by Crippen LogP contribution is 2.19. The van der Waals surface area contributed by atoms with E-state index in [0.29, 0.717) is 12.2 Å². The van der Waals surface area contributed by atoms with Crippen LogP contribution in [0.1, 0.15) is 23.1 Å². The van der Waals surface area contributed by atoms with Gasteiger partial charge in [-0.25, -0.2) is 4.68 Å². The molecule has 6 nitrogen and oxygen atoms in total. The quantitative estimate of drug-likeness (QED) is 0.671. The predicted molar refractivity (Wildman–Crippen MR) is 113 cm³/mol. The van der Waals surface area contributed by atoms with E-state index in [0.717, 1.165) is 22.4 Å². The molecule has 0 saturated heterocycles. The molecule has 150 valence electrons. The van der Waals surface area contributed by atoms with E-state index in [2.05, 4.69) is 17.3 Å². The number of methoxy groups -OCH3 is 1. The Kier molecular flexibility index (Phi) is 6.44. The first-order valence-corrected chi connectivity index (χ1v) is 9.52. The second-order valence-corrected chi connectivity index (χ2v) is 6.92. The van der Waals surface area contributed by atoms with Gasteiger partial charge in [0, 0.05) is 30.2 Å². The van der Waals surface area contributed by atoms with Crippen molar-refractivity contribution >= 4 is 5.91 Å². The number of nitrogens with one attached hydrogen (secondary N) is 1. The maximum absolute atomic E-state index is 12.2. The molecular formula is C23H25N3O3. The van der Waals surface area contributed by atoms with Crippen molar-refractivity contribution in [2.24, 2.45) is 0 Å². The summed E-state index contributed by atoms with van der Waals surface area (Å²) in [7, 11) is 1.60. The molecule has 1 N–H and O–H groups in total. The molecule has 0 aliphatic heterocycles. The number of benzene rings is 2. The smallest absolute Gasteiger partial charge is 0.266 e. The average molecular weight is 391 g/mol. The van der Waals surface area contributed by atoms with Gasteiger partial charge in [-0.1, -0.05) is 30.3 Å². The first kappa shape index (κ1) is 20.3. The van der Waals surface area contributed by atoms with Gasteiger partial charge in [0.05, 0.1) is 19.3 Å². The lowest BCUT2D eigenvalue weighted by atomic mass is 10.0. The fraction of sp³-hybridized carbons (Fsp3) is 0.261. The van der Waals surface area contributed by atoms with E-state index in [1.807, 2.05) is 49.4 Å². The second-order valence-electron chi connectivity index (χ2n) is 6.92. The number of carbonyl (C=O) groups is 1. The van der Waals surface area contributed by atoms with Crippen LogP contribution in [0.15, 0.2) is 59.4 Å². The zero-order valence-corrected chi connectivity index (χ0v) is 16.9. The monoisotopic (exact) mass is 391 g/mol. The average Bonchev–Trinajstić information content (AvgIpc) is 2.73. The molecule has 0 fully saturated rings. The van der Waals surface area contributed by atoms with Gasteiger partial charge in [0.15, 0.2) is 0 Å². The number of ether oxygens (including phenoxy) is 1. The van der Waals surface area contributed by atoms with Crippen molar-refractivity contribution in [2.75, 3.05) is 7.11 Å². The minimum absolute atomic E-state index is 0.152. The van der Waals surface area contributed by atoms with Crippen LogP contribution in [0.2, 0.25) is 0 Å². The highest BCUT2D eigenvalue weighted by molar-refractivity contribution is 5.75. The summed E-state index contributed by atoms with van der Waals surface area (Å²) in [6.45, 7) is 4.68. The van der Waals surface area contributed by atoms with Crippen molar-refractivity contribution in [2.45, 2.75) is 33.4 Å². The van der Waals surface area contributed by atoms with Crippen molar-refractivity contribution in [3.8, 4) is 17.0 Å². The van der Waals surface area contributed by atoms with Gasteiger partial charge in [-0.3, -0.25) is 9.59 Å². The number of aromatic nitrogens is 2. The molecule has 0 saturated carbocycles. The molecule has 1 heterocycles. The molecule has 0 spiro atoms. The molecule has 29 heavy (non-hydrogen) atoms. The fourth-order valence-electron chi connectivity index (χ4n) is 3.00. The number of nitrogens with zero attached hydrogens (tertiary/aromatic N) is 2. The number of amides is 1. The van der Waals surface area contributed by atoms with Crippen molar-refractivity contribution in [1.29, 1.82) is 0 Å². The summed E-state index contributed by atoms with van der Waals surface area (Å²) >= 11 is 0. The van der Waals surface area contributed by atoms with Crippen LogP contribution in [0.4, 0.5) is 0 Å². The van der Waals surface area contributed by atoms with Gasteiger partial charge in [0.1, 0.15) is 5.75 Å². The van der Waals surface area contributed by atoms with Gasteiger partial charge in [-0.2, -0.15) is 5.10 Å². The van der Waals surface area contributed by atoms with E-state index in [9.17, 15) is 9.59 Å². The Morgan fingerprint density at radius 1 is 1.07 bits per heavy atom. The number of hydrogen-bond acceptors (Lipinski definition) is 4. The molecule has 0 radical (unpaired) electrons. The first-order chi connectivity index (χ1) is 14.0. The minimum Gasteiger partial charge on any atom is -0.496 e. The van der Waals surface area contributed by atoms with E-state index in [-0.39, 0.29) is 24.4 Å². The lowest BCUT2D eigenvalue weighted by molar-refractivity contribution is -0.121. The molecule has 0 bridgehead atoms. The van der Waals surface area contributed by atoms with Crippen LogP contribution in [0.5, 0.6) is 5.75 Å². The molecule has 0 atom stereocenters. The Balaban J connectivity index is 1.64. The van der Waals surface area contributed by atoms with Crippen molar-refractivity contribution in [3.63, 3.8) is 0 Å². The fourth-order valence-corrected chi connectivity index (χ4v) is 3.00. The van der Waals surface area contributed by atoms with Crippen LogP contribution in [0.25, 0.3) is 11.3 Å². The van der Waals surface area contributed by atoms with Gasteiger partial charge in [0.2, 0.25) is 5.91 Å². The van der Waals surface area contributed by atoms with Gasteiger partial charge in [0.25, 0.3) is 5.56 Å². The standard InChI is InChI=1S/C23H25N3O3/c1-16-8-9-18(14-17(16)2)20-10-11-23(28)26(25-20)13-12-22(27)24-15-19-6-4-5-7-21(19)29-3/h4-11,14H,12-13,15H2,1-3H3,(H,24,27). The second kappa shape index (κ2) is 9.19. The molecule has 1 amide bonds. The molecule has 0 aliphatic carbocycles. The first-order valence-electron chi connectivity index (χ1n) is 9.52. The minimum atomic E-state index is -0.227. The Labute approximate surface area is 170 Å². The van der Waals surface area contributed by atoms with Gasteiger partial charge in [-0.05, 0) is 43.2 Å². The zero-order chi connectivity index (χ0) is 20.8. The van der Waals surface area contributed by atoms with Crippen molar-refractivity contribution in [1.82, 2.24) is 15.1 Å². The van der Waals surface area contributed by atoms with Gasteiger partial charge >= 0.3 is 0 Å². The SMILES string of the molecule is COc1ccccc1CNC(=O)CCn1nc(-c2ccc(C)c(C)c2)ccc1=O. The van der Waals surface area contributed by atoms with E-state index >= 15 is 0 Å². The number of aryl methyl sites for hydroxylation is 3. The highest BCUT2D eigenvalue weighted by Gasteiger charge is 2.08. The number of carbonyl (C=O) groups excluding carboxylic acids is 1. The molecule has 3 aromatic rings. The van der Waals surface area contributed by atoms with Crippen molar-refractivity contribution in [3.05, 3.63) is 81.6 Å². The summed E-state index contributed by atoms with van der Waals surface area (Å²) in [5.41, 5.74) is 4.70. The van der Waals surface area contributed by atoms with Crippen LogP contribution in [-0.2, 0) is 17.9 Å². The Morgan fingerprint density at radius 2 is 1.86 bits per heavy atom. The van der Waals surface area contributed by atoms with E-state index in [1.165, 1.54) is 16.3 Å².